The highest BCUT2D eigenvalue weighted by Crippen LogP contribution is 2.50. The Morgan fingerprint density at radius 1 is 0.360 bits per heavy atom. The third-order valence-corrected chi connectivity index (χ3v) is 14.2. The van der Waals surface area contributed by atoms with Crippen molar-refractivity contribution in [2.75, 3.05) is 0 Å². The molecule has 4 saturated carbocycles. The average Bonchev–Trinajstić information content (AvgIpc) is 4.02. The molecule has 0 heteroatoms. The van der Waals surface area contributed by atoms with Gasteiger partial charge in [-0.15, -0.1) is 0 Å². The standard InChI is InChI=1S/C50H54/c1-2-14-33(13-1)45-31-39(43-29-27-35-17-9-11-23-41(35)49(43)47(45)37-19-5-6-20-37)25-26-40-32-46(34-15-3-4-16-34)48(38-21-7-8-22-38)50-42-24-12-10-18-36(42)28-30-44(40)50/h9-12,17-18,23-24,27-34,37-38H,1-8,13-16,19-22,25-26H2. The van der Waals surface area contributed by atoms with Crippen LogP contribution in [-0.4, -0.2) is 0 Å². The van der Waals surface area contributed by atoms with E-state index in [4.69, 9.17) is 0 Å². The fourth-order valence-electron chi connectivity index (χ4n) is 11.8. The van der Waals surface area contributed by atoms with E-state index in [1.54, 1.807) is 54.9 Å². The van der Waals surface area contributed by atoms with E-state index in [9.17, 15) is 0 Å². The molecule has 0 aliphatic heterocycles. The number of benzene rings is 6. The summed E-state index contributed by atoms with van der Waals surface area (Å²) in [5, 5.41) is 12.1. The van der Waals surface area contributed by atoms with Gasteiger partial charge in [0.15, 0.2) is 0 Å². The summed E-state index contributed by atoms with van der Waals surface area (Å²) in [6.07, 6.45) is 24.4. The molecule has 0 nitrogen and oxygen atoms in total. The molecule has 0 amide bonds. The molecule has 4 aliphatic carbocycles. The largest absolute Gasteiger partial charge is 0.0616 e. The normalized spacial score (nSPS) is 19.8. The van der Waals surface area contributed by atoms with E-state index in [-0.39, 0.29) is 0 Å². The Morgan fingerprint density at radius 3 is 1.12 bits per heavy atom. The molecule has 0 atom stereocenters. The lowest BCUT2D eigenvalue weighted by atomic mass is 9.77. The zero-order valence-corrected chi connectivity index (χ0v) is 30.1. The fourth-order valence-corrected chi connectivity index (χ4v) is 11.8. The maximum absolute atomic E-state index is 2.77. The van der Waals surface area contributed by atoms with Crippen molar-refractivity contribution in [1.29, 1.82) is 0 Å². The van der Waals surface area contributed by atoms with Gasteiger partial charge in [-0.25, -0.2) is 0 Å². The second-order valence-electron chi connectivity index (χ2n) is 16.9. The highest BCUT2D eigenvalue weighted by molar-refractivity contribution is 6.12. The van der Waals surface area contributed by atoms with Crippen LogP contribution in [-0.2, 0) is 12.8 Å². The molecule has 4 fully saturated rings. The Morgan fingerprint density at radius 2 is 0.720 bits per heavy atom. The Hall–Kier alpha value is -3.64. The van der Waals surface area contributed by atoms with Crippen LogP contribution in [0.1, 0.15) is 160 Å². The van der Waals surface area contributed by atoms with Crippen LogP contribution in [0.5, 0.6) is 0 Å². The van der Waals surface area contributed by atoms with Crippen molar-refractivity contribution in [2.45, 2.75) is 139 Å². The number of hydrogen-bond donors (Lipinski definition) is 0. The maximum Gasteiger partial charge on any atom is -0.00649 e. The minimum absolute atomic E-state index is 0.724. The molecule has 50 heavy (non-hydrogen) atoms. The molecule has 0 N–H and O–H groups in total. The molecule has 4 aliphatic rings. The van der Waals surface area contributed by atoms with Crippen molar-refractivity contribution in [1.82, 2.24) is 0 Å². The lowest BCUT2D eigenvalue weighted by molar-refractivity contribution is 0.667. The van der Waals surface area contributed by atoms with Gasteiger partial charge in [0, 0.05) is 0 Å². The van der Waals surface area contributed by atoms with Gasteiger partial charge in [0.05, 0.1) is 0 Å². The summed E-state index contributed by atoms with van der Waals surface area (Å²) in [4.78, 5) is 0. The summed E-state index contributed by atoms with van der Waals surface area (Å²) in [5.41, 5.74) is 10.2. The highest BCUT2D eigenvalue weighted by atomic mass is 14.4. The minimum atomic E-state index is 0.724. The molecule has 254 valence electrons. The first-order valence-electron chi connectivity index (χ1n) is 20.8. The van der Waals surface area contributed by atoms with Crippen LogP contribution >= 0.6 is 0 Å². The van der Waals surface area contributed by atoms with Crippen molar-refractivity contribution >= 4 is 43.1 Å². The third kappa shape index (κ3) is 5.31. The molecular weight excluding hydrogens is 601 g/mol. The molecule has 0 aromatic heterocycles. The summed E-state index contributed by atoms with van der Waals surface area (Å²) >= 11 is 0. The second-order valence-corrected chi connectivity index (χ2v) is 16.9. The monoisotopic (exact) mass is 654 g/mol. The van der Waals surface area contributed by atoms with Crippen LogP contribution in [0.2, 0.25) is 0 Å². The summed E-state index contributed by atoms with van der Waals surface area (Å²) in [6.45, 7) is 0. The summed E-state index contributed by atoms with van der Waals surface area (Å²) < 4.78 is 0. The zero-order valence-electron chi connectivity index (χ0n) is 30.1. The molecular formula is C50H54. The van der Waals surface area contributed by atoms with E-state index in [1.165, 1.54) is 124 Å². The first-order valence-corrected chi connectivity index (χ1v) is 20.8. The Balaban J connectivity index is 1.17. The van der Waals surface area contributed by atoms with Crippen molar-refractivity contribution in [3.05, 3.63) is 118 Å². The van der Waals surface area contributed by atoms with E-state index < -0.39 is 0 Å². The number of rotatable bonds is 7. The smallest absolute Gasteiger partial charge is 0.00649 e. The molecule has 0 saturated heterocycles. The van der Waals surface area contributed by atoms with Gasteiger partial charge in [0.1, 0.15) is 0 Å². The maximum atomic E-state index is 2.77. The Kier molecular flexibility index (Phi) is 8.19. The predicted octanol–water partition coefficient (Wildman–Crippen LogP) is 14.7. The van der Waals surface area contributed by atoms with Crippen molar-refractivity contribution < 1.29 is 0 Å². The molecule has 6 aromatic rings. The molecule has 0 radical (unpaired) electrons. The van der Waals surface area contributed by atoms with E-state index in [0.29, 0.717) is 0 Å². The van der Waals surface area contributed by atoms with Gasteiger partial charge < -0.3 is 0 Å². The van der Waals surface area contributed by atoms with E-state index in [2.05, 4.69) is 84.9 Å². The summed E-state index contributed by atoms with van der Waals surface area (Å²) in [5.74, 6) is 2.92. The van der Waals surface area contributed by atoms with Crippen molar-refractivity contribution in [2.24, 2.45) is 0 Å². The van der Waals surface area contributed by atoms with Crippen molar-refractivity contribution in [3.63, 3.8) is 0 Å². The number of aryl methyl sites for hydroxylation is 2. The van der Waals surface area contributed by atoms with Crippen LogP contribution in [0.3, 0.4) is 0 Å². The average molecular weight is 655 g/mol. The lowest BCUT2D eigenvalue weighted by Crippen LogP contribution is -2.09. The molecule has 0 spiro atoms. The predicted molar refractivity (Wildman–Crippen MR) is 215 cm³/mol. The molecule has 10 rings (SSSR count). The number of fused-ring (bicyclic) bond motifs is 6. The van der Waals surface area contributed by atoms with Crippen LogP contribution in [0.4, 0.5) is 0 Å². The minimum Gasteiger partial charge on any atom is -0.0616 e. The van der Waals surface area contributed by atoms with Gasteiger partial charge in [-0.3, -0.25) is 0 Å². The Bertz CT molecular complexity index is 2030. The van der Waals surface area contributed by atoms with E-state index >= 15 is 0 Å². The van der Waals surface area contributed by atoms with Crippen LogP contribution in [0.25, 0.3) is 43.1 Å². The van der Waals surface area contributed by atoms with Gasteiger partial charge in [-0.05, 0) is 164 Å². The quantitative estimate of drug-likeness (QED) is 0.150. The first kappa shape index (κ1) is 31.1. The van der Waals surface area contributed by atoms with Gasteiger partial charge in [0.25, 0.3) is 0 Å². The van der Waals surface area contributed by atoms with Gasteiger partial charge in [-0.2, -0.15) is 0 Å². The zero-order chi connectivity index (χ0) is 33.0. The van der Waals surface area contributed by atoms with Crippen LogP contribution in [0.15, 0.2) is 84.9 Å². The van der Waals surface area contributed by atoms with Gasteiger partial charge in [0.2, 0.25) is 0 Å². The van der Waals surface area contributed by atoms with E-state index in [0.717, 1.165) is 36.5 Å². The molecule has 6 aromatic carbocycles. The molecule has 0 unspecified atom stereocenters. The third-order valence-electron chi connectivity index (χ3n) is 14.2. The second kappa shape index (κ2) is 13.2. The lowest BCUT2D eigenvalue weighted by Gasteiger charge is -2.27. The van der Waals surface area contributed by atoms with Crippen LogP contribution < -0.4 is 0 Å². The van der Waals surface area contributed by atoms with E-state index in [1.807, 2.05) is 0 Å². The SMILES string of the molecule is c1ccc2c(c1)ccc1c(CCc3cc(C4CCCC4)c(C4CCCC4)c4c3ccc3ccccc34)cc(C3CCCC3)c(C3CCCC3)c12. The van der Waals surface area contributed by atoms with Crippen LogP contribution in [0, 0.1) is 0 Å². The summed E-state index contributed by atoms with van der Waals surface area (Å²) in [6, 6.07) is 34.0. The first-order chi connectivity index (χ1) is 24.8. The topological polar surface area (TPSA) is 0 Å². The van der Waals surface area contributed by atoms with Gasteiger partial charge >= 0.3 is 0 Å². The summed E-state index contributed by atoms with van der Waals surface area (Å²) in [7, 11) is 0. The molecule has 0 bridgehead atoms. The molecule has 0 heterocycles. The van der Waals surface area contributed by atoms with Gasteiger partial charge in [-0.1, -0.05) is 136 Å². The Labute approximate surface area is 299 Å². The number of hydrogen-bond acceptors (Lipinski definition) is 0. The fraction of sp³-hybridized carbons (Fsp3) is 0.440. The highest BCUT2D eigenvalue weighted by Gasteiger charge is 2.31. The van der Waals surface area contributed by atoms with Crippen molar-refractivity contribution in [3.8, 4) is 0 Å².